The van der Waals surface area contributed by atoms with Gasteiger partial charge in [0, 0.05) is 5.56 Å². The highest BCUT2D eigenvalue weighted by atomic mass is 19.1. The molecule has 0 amide bonds. The van der Waals surface area contributed by atoms with Gasteiger partial charge in [-0.05, 0) is 30.7 Å². The lowest BCUT2D eigenvalue weighted by atomic mass is 10.0. The second kappa shape index (κ2) is 14.9. The monoisotopic (exact) mass is 428 g/mol. The first-order chi connectivity index (χ1) is 15.1. The summed E-state index contributed by atoms with van der Waals surface area (Å²) in [7, 11) is 0. The maximum Gasteiger partial charge on any atom is 0.159 e. The molecule has 172 valence electrons. The van der Waals surface area contributed by atoms with E-state index in [4.69, 9.17) is 4.74 Å². The predicted octanol–water partition coefficient (Wildman–Crippen LogP) is 7.98. The molecule has 31 heavy (non-hydrogen) atoms. The molecule has 0 N–H and O–H groups in total. The van der Waals surface area contributed by atoms with Crippen LogP contribution in [0.2, 0.25) is 0 Å². The van der Waals surface area contributed by atoms with Gasteiger partial charge in [0.05, 0.1) is 12.4 Å². The fourth-order valence-electron chi connectivity index (χ4n) is 3.63. The van der Waals surface area contributed by atoms with Crippen molar-refractivity contribution in [2.75, 3.05) is 6.61 Å². The predicted molar refractivity (Wildman–Crippen MR) is 128 cm³/mol. The second-order valence-corrected chi connectivity index (χ2v) is 8.81. The normalized spacial score (nSPS) is 13.2. The number of rotatable bonds is 16. The SMILES string of the molecule is CCCCCCCCc1ccc(-c2ncc(OCC(F)CCCC(C)CC)cn2)cc1. The summed E-state index contributed by atoms with van der Waals surface area (Å²) < 4.78 is 19.6. The van der Waals surface area contributed by atoms with Crippen molar-refractivity contribution in [3.8, 4) is 17.1 Å². The molecular formula is C27H41FN2O. The van der Waals surface area contributed by atoms with Gasteiger partial charge >= 0.3 is 0 Å². The number of nitrogens with zero attached hydrogens (tertiary/aromatic N) is 2. The highest BCUT2D eigenvalue weighted by Gasteiger charge is 2.10. The van der Waals surface area contributed by atoms with E-state index in [1.165, 1.54) is 44.1 Å². The molecule has 0 radical (unpaired) electrons. The van der Waals surface area contributed by atoms with Gasteiger partial charge in [0.2, 0.25) is 0 Å². The van der Waals surface area contributed by atoms with Crippen LogP contribution in [-0.2, 0) is 6.42 Å². The van der Waals surface area contributed by atoms with Crippen LogP contribution in [0.25, 0.3) is 11.4 Å². The average Bonchev–Trinajstić information content (AvgIpc) is 2.80. The second-order valence-electron chi connectivity index (χ2n) is 8.81. The molecule has 2 unspecified atom stereocenters. The summed E-state index contributed by atoms with van der Waals surface area (Å²) in [5, 5.41) is 0. The quantitative estimate of drug-likeness (QED) is 0.254. The number of halogens is 1. The van der Waals surface area contributed by atoms with Crippen molar-refractivity contribution in [3.63, 3.8) is 0 Å². The Hall–Kier alpha value is -1.97. The molecule has 1 heterocycles. The molecule has 3 nitrogen and oxygen atoms in total. The van der Waals surface area contributed by atoms with E-state index >= 15 is 0 Å². The van der Waals surface area contributed by atoms with Gasteiger partial charge in [-0.15, -0.1) is 0 Å². The lowest BCUT2D eigenvalue weighted by Crippen LogP contribution is -2.13. The van der Waals surface area contributed by atoms with E-state index in [0.717, 1.165) is 31.2 Å². The number of hydrogen-bond donors (Lipinski definition) is 0. The van der Waals surface area contributed by atoms with E-state index in [0.29, 0.717) is 23.9 Å². The first-order valence-electron chi connectivity index (χ1n) is 12.3. The number of ether oxygens (including phenoxy) is 1. The van der Waals surface area contributed by atoms with Crippen LogP contribution in [0.5, 0.6) is 5.75 Å². The first-order valence-corrected chi connectivity index (χ1v) is 12.3. The molecule has 0 saturated carbocycles. The number of aromatic nitrogens is 2. The van der Waals surface area contributed by atoms with Crippen molar-refractivity contribution in [1.82, 2.24) is 9.97 Å². The topological polar surface area (TPSA) is 35.0 Å². The summed E-state index contributed by atoms with van der Waals surface area (Å²) in [5.41, 5.74) is 2.35. The minimum atomic E-state index is -0.942. The van der Waals surface area contributed by atoms with E-state index in [1.54, 1.807) is 12.4 Å². The third kappa shape index (κ3) is 10.3. The van der Waals surface area contributed by atoms with E-state index in [9.17, 15) is 4.39 Å². The molecule has 4 heteroatoms. The van der Waals surface area contributed by atoms with Gasteiger partial charge < -0.3 is 4.74 Å². The van der Waals surface area contributed by atoms with E-state index in [1.807, 2.05) is 0 Å². The Morgan fingerprint density at radius 1 is 0.871 bits per heavy atom. The summed E-state index contributed by atoms with van der Waals surface area (Å²) >= 11 is 0. The van der Waals surface area contributed by atoms with Crippen LogP contribution in [0.15, 0.2) is 36.7 Å². The Kier molecular flexibility index (Phi) is 12.2. The Bertz CT molecular complexity index is 702. The number of benzene rings is 1. The first kappa shape index (κ1) is 25.3. The van der Waals surface area contributed by atoms with Crippen LogP contribution in [0.4, 0.5) is 4.39 Å². The highest BCUT2D eigenvalue weighted by molar-refractivity contribution is 5.55. The molecule has 0 fully saturated rings. The lowest BCUT2D eigenvalue weighted by molar-refractivity contribution is 0.181. The fourth-order valence-corrected chi connectivity index (χ4v) is 3.63. The molecule has 1 aromatic heterocycles. The zero-order valence-electron chi connectivity index (χ0n) is 19.8. The van der Waals surface area contributed by atoms with Gasteiger partial charge in [0.1, 0.15) is 12.8 Å². The third-order valence-corrected chi connectivity index (χ3v) is 6.00. The van der Waals surface area contributed by atoms with Crippen molar-refractivity contribution in [1.29, 1.82) is 0 Å². The number of hydrogen-bond acceptors (Lipinski definition) is 3. The van der Waals surface area contributed by atoms with Crippen LogP contribution >= 0.6 is 0 Å². The third-order valence-electron chi connectivity index (χ3n) is 6.00. The van der Waals surface area contributed by atoms with Crippen molar-refractivity contribution in [2.45, 2.75) is 97.6 Å². The van der Waals surface area contributed by atoms with E-state index < -0.39 is 6.17 Å². The minimum absolute atomic E-state index is 0.0658. The van der Waals surface area contributed by atoms with Gasteiger partial charge in [-0.3, -0.25) is 0 Å². The van der Waals surface area contributed by atoms with Crippen LogP contribution in [0.3, 0.4) is 0 Å². The molecule has 0 saturated heterocycles. The molecule has 0 bridgehead atoms. The van der Waals surface area contributed by atoms with Gasteiger partial charge in [-0.1, -0.05) is 96.4 Å². The number of aryl methyl sites for hydroxylation is 1. The van der Waals surface area contributed by atoms with Crippen LogP contribution in [0, 0.1) is 5.92 Å². The van der Waals surface area contributed by atoms with Gasteiger partial charge in [0.15, 0.2) is 11.6 Å². The Morgan fingerprint density at radius 2 is 1.55 bits per heavy atom. The standard InChI is InChI=1S/C27H41FN2O/c1-4-6-7-8-9-10-13-23-15-17-24(18-16-23)27-29-19-26(20-30-27)31-21-25(28)14-11-12-22(3)5-2/h15-20,22,25H,4-14,21H2,1-3H3. The Balaban J connectivity index is 1.72. The lowest BCUT2D eigenvalue weighted by Gasteiger charge is -2.12. The molecular weight excluding hydrogens is 387 g/mol. The minimum Gasteiger partial charge on any atom is -0.487 e. The molecule has 0 spiro atoms. The van der Waals surface area contributed by atoms with Crippen molar-refractivity contribution >= 4 is 0 Å². The highest BCUT2D eigenvalue weighted by Crippen LogP contribution is 2.19. The molecule has 0 aliphatic carbocycles. The van der Waals surface area contributed by atoms with Crippen LogP contribution < -0.4 is 4.74 Å². The van der Waals surface area contributed by atoms with Gasteiger partial charge in [0.25, 0.3) is 0 Å². The molecule has 2 rings (SSSR count). The molecule has 1 aromatic carbocycles. The van der Waals surface area contributed by atoms with Crippen LogP contribution in [-0.4, -0.2) is 22.7 Å². The fraction of sp³-hybridized carbons (Fsp3) is 0.630. The summed E-state index contributed by atoms with van der Waals surface area (Å²) in [6, 6.07) is 8.50. The number of alkyl halides is 1. The molecule has 2 aromatic rings. The molecule has 0 aliphatic heterocycles. The number of unbranched alkanes of at least 4 members (excludes halogenated alkanes) is 5. The van der Waals surface area contributed by atoms with Gasteiger partial charge in [-0.25, -0.2) is 14.4 Å². The van der Waals surface area contributed by atoms with Crippen molar-refractivity contribution in [2.24, 2.45) is 5.92 Å². The molecule has 0 aliphatic rings. The summed E-state index contributed by atoms with van der Waals surface area (Å²) in [6.07, 6.45) is 15.1. The summed E-state index contributed by atoms with van der Waals surface area (Å²) in [6.45, 7) is 6.71. The molecule has 2 atom stereocenters. The zero-order chi connectivity index (χ0) is 22.3. The van der Waals surface area contributed by atoms with Crippen molar-refractivity contribution in [3.05, 3.63) is 42.2 Å². The maximum atomic E-state index is 14.0. The Labute approximate surface area is 188 Å². The smallest absolute Gasteiger partial charge is 0.159 e. The Morgan fingerprint density at radius 3 is 2.23 bits per heavy atom. The van der Waals surface area contributed by atoms with E-state index in [2.05, 4.69) is 55.0 Å². The van der Waals surface area contributed by atoms with E-state index in [-0.39, 0.29) is 6.61 Å². The maximum absolute atomic E-state index is 14.0. The van der Waals surface area contributed by atoms with Crippen LogP contribution in [0.1, 0.15) is 90.5 Å². The summed E-state index contributed by atoms with van der Waals surface area (Å²) in [4.78, 5) is 8.80. The largest absolute Gasteiger partial charge is 0.487 e. The van der Waals surface area contributed by atoms with Gasteiger partial charge in [-0.2, -0.15) is 0 Å². The zero-order valence-corrected chi connectivity index (χ0v) is 19.8. The summed E-state index contributed by atoms with van der Waals surface area (Å²) in [5.74, 6) is 1.86. The average molecular weight is 429 g/mol. The van der Waals surface area contributed by atoms with Crippen molar-refractivity contribution < 1.29 is 9.13 Å².